The second-order valence-corrected chi connectivity index (χ2v) is 5.29. The smallest absolute Gasteiger partial charge is 0.0716 e. The Labute approximate surface area is 111 Å². The van der Waals surface area contributed by atoms with Crippen molar-refractivity contribution in [2.24, 2.45) is 0 Å². The van der Waals surface area contributed by atoms with E-state index < -0.39 is 0 Å². The molecule has 1 unspecified atom stereocenters. The minimum Gasteiger partial charge on any atom is -0.385 e. The third-order valence-electron chi connectivity index (χ3n) is 2.99. The van der Waals surface area contributed by atoms with Gasteiger partial charge in [-0.25, -0.2) is 0 Å². The minimum atomic E-state index is 0.351. The van der Waals surface area contributed by atoms with Gasteiger partial charge in [-0.2, -0.15) is 0 Å². The molecule has 2 N–H and O–H groups in total. The SMILES string of the molecule is Cc1ccc(Br)cc1NCCC1CNCCO1. The summed E-state index contributed by atoms with van der Waals surface area (Å²) in [5, 5.41) is 6.81. The highest BCUT2D eigenvalue weighted by Crippen LogP contribution is 2.20. The van der Waals surface area contributed by atoms with Crippen molar-refractivity contribution in [3.8, 4) is 0 Å². The molecule has 94 valence electrons. The average molecular weight is 299 g/mol. The maximum atomic E-state index is 5.66. The van der Waals surface area contributed by atoms with Crippen molar-refractivity contribution in [1.29, 1.82) is 0 Å². The molecule has 0 saturated carbocycles. The van der Waals surface area contributed by atoms with Crippen LogP contribution in [0.1, 0.15) is 12.0 Å². The van der Waals surface area contributed by atoms with Crippen molar-refractivity contribution in [1.82, 2.24) is 5.32 Å². The lowest BCUT2D eigenvalue weighted by molar-refractivity contribution is 0.0258. The van der Waals surface area contributed by atoms with E-state index in [0.717, 1.165) is 37.1 Å². The van der Waals surface area contributed by atoms with E-state index in [2.05, 4.69) is 51.7 Å². The molecule has 1 saturated heterocycles. The van der Waals surface area contributed by atoms with Crippen LogP contribution in [0.3, 0.4) is 0 Å². The van der Waals surface area contributed by atoms with E-state index >= 15 is 0 Å². The van der Waals surface area contributed by atoms with Crippen molar-refractivity contribution in [2.45, 2.75) is 19.4 Å². The van der Waals surface area contributed by atoms with Crippen LogP contribution in [0.15, 0.2) is 22.7 Å². The monoisotopic (exact) mass is 298 g/mol. The summed E-state index contributed by atoms with van der Waals surface area (Å²) in [5.41, 5.74) is 2.47. The van der Waals surface area contributed by atoms with Gasteiger partial charge in [-0.3, -0.25) is 0 Å². The number of nitrogens with one attached hydrogen (secondary N) is 2. The molecule has 1 heterocycles. The predicted octanol–water partition coefficient (Wildman–Crippen LogP) is 2.55. The van der Waals surface area contributed by atoms with E-state index in [1.807, 2.05) is 0 Å². The molecular weight excluding hydrogens is 280 g/mol. The Balaban J connectivity index is 1.79. The van der Waals surface area contributed by atoms with Crippen LogP contribution in [-0.4, -0.2) is 32.3 Å². The van der Waals surface area contributed by atoms with Crippen LogP contribution in [0, 0.1) is 6.92 Å². The maximum absolute atomic E-state index is 5.66. The van der Waals surface area contributed by atoms with Crippen molar-refractivity contribution >= 4 is 21.6 Å². The first-order valence-electron chi connectivity index (χ1n) is 6.08. The van der Waals surface area contributed by atoms with Gasteiger partial charge in [0.25, 0.3) is 0 Å². The highest BCUT2D eigenvalue weighted by molar-refractivity contribution is 9.10. The van der Waals surface area contributed by atoms with E-state index in [9.17, 15) is 0 Å². The van der Waals surface area contributed by atoms with Crippen LogP contribution in [0.5, 0.6) is 0 Å². The molecule has 4 heteroatoms. The molecular formula is C13H19BrN2O. The van der Waals surface area contributed by atoms with Crippen LogP contribution in [0.25, 0.3) is 0 Å². The molecule has 0 aliphatic carbocycles. The molecule has 1 aromatic rings. The summed E-state index contributed by atoms with van der Waals surface area (Å²) in [6.45, 7) is 5.85. The Morgan fingerprint density at radius 1 is 1.53 bits per heavy atom. The molecule has 3 nitrogen and oxygen atoms in total. The quantitative estimate of drug-likeness (QED) is 0.896. The number of hydrogen-bond donors (Lipinski definition) is 2. The molecule has 2 rings (SSSR count). The van der Waals surface area contributed by atoms with Gasteiger partial charge in [0.05, 0.1) is 12.7 Å². The highest BCUT2D eigenvalue weighted by Gasteiger charge is 2.12. The second kappa shape index (κ2) is 6.38. The average Bonchev–Trinajstić information content (AvgIpc) is 2.35. The zero-order valence-corrected chi connectivity index (χ0v) is 11.7. The molecule has 0 aromatic heterocycles. The fourth-order valence-electron chi connectivity index (χ4n) is 1.96. The lowest BCUT2D eigenvalue weighted by Crippen LogP contribution is -2.39. The van der Waals surface area contributed by atoms with Crippen LogP contribution < -0.4 is 10.6 Å². The number of hydrogen-bond acceptors (Lipinski definition) is 3. The second-order valence-electron chi connectivity index (χ2n) is 4.37. The third-order valence-corrected chi connectivity index (χ3v) is 3.48. The van der Waals surface area contributed by atoms with E-state index in [0.29, 0.717) is 6.10 Å². The van der Waals surface area contributed by atoms with Gasteiger partial charge in [0.1, 0.15) is 0 Å². The molecule has 1 aliphatic heterocycles. The Bertz CT molecular complexity index is 364. The number of benzene rings is 1. The summed E-state index contributed by atoms with van der Waals surface area (Å²) in [6, 6.07) is 6.30. The van der Waals surface area contributed by atoms with Crippen molar-refractivity contribution < 1.29 is 4.74 Å². The first-order chi connectivity index (χ1) is 8.25. The van der Waals surface area contributed by atoms with E-state index in [-0.39, 0.29) is 0 Å². The normalized spacial score (nSPS) is 20.2. The largest absolute Gasteiger partial charge is 0.385 e. The number of morpholine rings is 1. The Hall–Kier alpha value is -0.580. The van der Waals surface area contributed by atoms with Gasteiger partial charge in [0.2, 0.25) is 0 Å². The number of aryl methyl sites for hydroxylation is 1. The lowest BCUT2D eigenvalue weighted by atomic mass is 10.2. The summed E-state index contributed by atoms with van der Waals surface area (Å²) in [5.74, 6) is 0. The molecule has 1 aliphatic rings. The van der Waals surface area contributed by atoms with Gasteiger partial charge in [-0.05, 0) is 31.0 Å². The number of halogens is 1. The summed E-state index contributed by atoms with van der Waals surface area (Å²) in [4.78, 5) is 0. The van der Waals surface area contributed by atoms with Crippen molar-refractivity contribution in [2.75, 3.05) is 31.6 Å². The molecule has 1 aromatic carbocycles. The van der Waals surface area contributed by atoms with E-state index in [1.54, 1.807) is 0 Å². The maximum Gasteiger partial charge on any atom is 0.0716 e. The van der Waals surface area contributed by atoms with Crippen molar-refractivity contribution in [3.63, 3.8) is 0 Å². The van der Waals surface area contributed by atoms with Gasteiger partial charge in [-0.1, -0.05) is 22.0 Å². The fraction of sp³-hybridized carbons (Fsp3) is 0.538. The molecule has 0 amide bonds. The summed E-state index contributed by atoms with van der Waals surface area (Å²) < 4.78 is 6.77. The van der Waals surface area contributed by atoms with E-state index in [4.69, 9.17) is 4.74 Å². The first kappa shape index (κ1) is 12.9. The van der Waals surface area contributed by atoms with Crippen molar-refractivity contribution in [3.05, 3.63) is 28.2 Å². The van der Waals surface area contributed by atoms with Crippen LogP contribution in [0.2, 0.25) is 0 Å². The predicted molar refractivity (Wildman–Crippen MR) is 74.6 cm³/mol. The summed E-state index contributed by atoms with van der Waals surface area (Å²) in [7, 11) is 0. The zero-order valence-electron chi connectivity index (χ0n) is 10.1. The highest BCUT2D eigenvalue weighted by atomic mass is 79.9. The van der Waals surface area contributed by atoms with Gasteiger partial charge < -0.3 is 15.4 Å². The van der Waals surface area contributed by atoms with Gasteiger partial charge in [0.15, 0.2) is 0 Å². The molecule has 0 spiro atoms. The first-order valence-corrected chi connectivity index (χ1v) is 6.87. The van der Waals surface area contributed by atoms with Gasteiger partial charge in [0, 0.05) is 29.8 Å². The molecule has 0 bridgehead atoms. The molecule has 17 heavy (non-hydrogen) atoms. The fourth-order valence-corrected chi connectivity index (χ4v) is 2.32. The van der Waals surface area contributed by atoms with Gasteiger partial charge in [-0.15, -0.1) is 0 Å². The Morgan fingerprint density at radius 3 is 3.18 bits per heavy atom. The van der Waals surface area contributed by atoms with Crippen LogP contribution >= 0.6 is 15.9 Å². The molecule has 0 radical (unpaired) electrons. The Kier molecular flexibility index (Phi) is 4.83. The summed E-state index contributed by atoms with van der Waals surface area (Å²) in [6.07, 6.45) is 1.39. The molecule has 1 fully saturated rings. The topological polar surface area (TPSA) is 33.3 Å². The zero-order chi connectivity index (χ0) is 12.1. The third kappa shape index (κ3) is 3.98. The number of anilines is 1. The number of ether oxygens (including phenoxy) is 1. The Morgan fingerprint density at radius 2 is 2.41 bits per heavy atom. The van der Waals surface area contributed by atoms with Crippen LogP contribution in [0.4, 0.5) is 5.69 Å². The lowest BCUT2D eigenvalue weighted by Gasteiger charge is -2.24. The van der Waals surface area contributed by atoms with E-state index in [1.165, 1.54) is 11.3 Å². The molecule has 1 atom stereocenters. The minimum absolute atomic E-state index is 0.351. The number of rotatable bonds is 4. The summed E-state index contributed by atoms with van der Waals surface area (Å²) >= 11 is 3.49. The van der Waals surface area contributed by atoms with Gasteiger partial charge >= 0.3 is 0 Å². The van der Waals surface area contributed by atoms with Crippen LogP contribution in [-0.2, 0) is 4.74 Å². The standard InChI is InChI=1S/C13H19BrN2O/c1-10-2-3-11(14)8-13(10)16-5-4-12-9-15-6-7-17-12/h2-3,8,12,15-16H,4-7,9H2,1H3.